The van der Waals surface area contributed by atoms with Gasteiger partial charge < -0.3 is 10.6 Å². The molecule has 0 radical (unpaired) electrons. The molecule has 2 N–H and O–H groups in total. The van der Waals surface area contributed by atoms with E-state index >= 15 is 0 Å². The maximum Gasteiger partial charge on any atom is 0.416 e. The van der Waals surface area contributed by atoms with Gasteiger partial charge in [-0.3, -0.25) is 4.79 Å². The first kappa shape index (κ1) is 24.5. The van der Waals surface area contributed by atoms with Crippen LogP contribution in [-0.4, -0.2) is 23.5 Å². The third-order valence-corrected chi connectivity index (χ3v) is 6.31. The molecule has 1 heterocycles. The van der Waals surface area contributed by atoms with Crippen molar-refractivity contribution in [1.29, 1.82) is 0 Å². The summed E-state index contributed by atoms with van der Waals surface area (Å²) in [5, 5.41) is 8.95. The number of aromatic nitrogens is 1. The van der Waals surface area contributed by atoms with Gasteiger partial charge in [0.15, 0.2) is 0 Å². The SMILES string of the molecule is Cc1nc(CNC2CCC(CNC(=O)c3cc(C(F)(F)F)cc(C(F)(F)F)c3)CC2)cs1. The molecule has 1 saturated carbocycles. The molecule has 176 valence electrons. The van der Waals surface area contributed by atoms with Crippen molar-refractivity contribution in [3.05, 3.63) is 51.0 Å². The molecule has 1 amide bonds. The number of carbonyl (C=O) groups excluding carboxylic acids is 1. The standard InChI is InChI=1S/C21H23F6N3OS/c1-12-30-18(11-32-12)10-28-17-4-2-13(3-5-17)9-29-19(31)14-6-15(20(22,23)24)8-16(7-14)21(25,26)27/h6-8,11,13,17,28H,2-5,9-10H2,1H3,(H,29,31). The number of carbonyl (C=O) groups is 1. The van der Waals surface area contributed by atoms with E-state index in [4.69, 9.17) is 0 Å². The van der Waals surface area contributed by atoms with Gasteiger partial charge in [0.1, 0.15) is 0 Å². The predicted octanol–water partition coefficient (Wildman–Crippen LogP) is 5.57. The van der Waals surface area contributed by atoms with Crippen LogP contribution in [-0.2, 0) is 18.9 Å². The Morgan fingerprint density at radius 3 is 2.12 bits per heavy atom. The fraction of sp³-hybridized carbons (Fsp3) is 0.524. The lowest BCUT2D eigenvalue weighted by atomic mass is 9.86. The molecule has 0 atom stereocenters. The molecule has 4 nitrogen and oxygen atoms in total. The number of nitrogens with zero attached hydrogens (tertiary/aromatic N) is 1. The highest BCUT2D eigenvalue weighted by atomic mass is 32.1. The number of hydrogen-bond acceptors (Lipinski definition) is 4. The molecule has 1 aromatic heterocycles. The molecule has 0 saturated heterocycles. The maximum atomic E-state index is 13.0. The molecule has 3 rings (SSSR count). The van der Waals surface area contributed by atoms with Crippen molar-refractivity contribution in [2.75, 3.05) is 6.54 Å². The number of halogens is 6. The van der Waals surface area contributed by atoms with Gasteiger partial charge in [0.05, 0.1) is 21.8 Å². The van der Waals surface area contributed by atoms with E-state index in [9.17, 15) is 31.1 Å². The van der Waals surface area contributed by atoms with Gasteiger partial charge in [0.2, 0.25) is 0 Å². The predicted molar refractivity (Wildman–Crippen MR) is 108 cm³/mol. The minimum absolute atomic E-state index is 0.0119. The van der Waals surface area contributed by atoms with Crippen LogP contribution in [0, 0.1) is 12.8 Å². The summed E-state index contributed by atoms with van der Waals surface area (Å²) < 4.78 is 77.9. The van der Waals surface area contributed by atoms with E-state index in [0.717, 1.165) is 36.4 Å². The quantitative estimate of drug-likeness (QED) is 0.533. The average molecular weight is 479 g/mol. The van der Waals surface area contributed by atoms with Gasteiger partial charge in [-0.2, -0.15) is 26.3 Å². The third kappa shape index (κ3) is 6.68. The number of aryl methyl sites for hydroxylation is 1. The molecule has 0 spiro atoms. The minimum atomic E-state index is -4.99. The highest BCUT2D eigenvalue weighted by Crippen LogP contribution is 2.36. The molecule has 1 aliphatic carbocycles. The van der Waals surface area contributed by atoms with Gasteiger partial charge in [-0.05, 0) is 56.7 Å². The van der Waals surface area contributed by atoms with E-state index in [1.807, 2.05) is 12.3 Å². The molecule has 0 aliphatic heterocycles. The van der Waals surface area contributed by atoms with E-state index in [2.05, 4.69) is 15.6 Å². The van der Waals surface area contributed by atoms with Crippen LogP contribution >= 0.6 is 11.3 Å². The summed E-state index contributed by atoms with van der Waals surface area (Å²) in [5.74, 6) is -0.827. The van der Waals surface area contributed by atoms with Gasteiger partial charge in [0.25, 0.3) is 5.91 Å². The lowest BCUT2D eigenvalue weighted by Gasteiger charge is -2.29. The second-order valence-electron chi connectivity index (χ2n) is 7.96. The summed E-state index contributed by atoms with van der Waals surface area (Å²) in [6.45, 7) is 2.82. The number of rotatable bonds is 6. The Labute approximate surface area is 185 Å². The van der Waals surface area contributed by atoms with Gasteiger partial charge in [-0.15, -0.1) is 11.3 Å². The van der Waals surface area contributed by atoms with Crippen LogP contribution in [0.2, 0.25) is 0 Å². The number of nitrogens with one attached hydrogen (secondary N) is 2. The van der Waals surface area contributed by atoms with Crippen molar-refractivity contribution < 1.29 is 31.1 Å². The first-order valence-corrected chi connectivity index (χ1v) is 11.0. The molecular formula is C21H23F6N3OS. The molecule has 32 heavy (non-hydrogen) atoms. The summed E-state index contributed by atoms with van der Waals surface area (Å²) in [6, 6.07) is 1.22. The van der Waals surface area contributed by atoms with Crippen molar-refractivity contribution in [1.82, 2.24) is 15.6 Å². The Hall–Kier alpha value is -2.14. The normalized spacial score (nSPS) is 19.7. The van der Waals surface area contributed by atoms with E-state index in [1.54, 1.807) is 11.3 Å². The van der Waals surface area contributed by atoms with Crippen LogP contribution in [0.25, 0.3) is 0 Å². The van der Waals surface area contributed by atoms with Crippen LogP contribution in [0.3, 0.4) is 0 Å². The maximum absolute atomic E-state index is 13.0. The molecular weight excluding hydrogens is 456 g/mol. The zero-order valence-electron chi connectivity index (χ0n) is 17.2. The third-order valence-electron chi connectivity index (χ3n) is 5.49. The van der Waals surface area contributed by atoms with Crippen LogP contribution in [0.1, 0.15) is 57.9 Å². The molecule has 1 aromatic carbocycles. The lowest BCUT2D eigenvalue weighted by Crippen LogP contribution is -2.36. The Balaban J connectivity index is 1.52. The van der Waals surface area contributed by atoms with Gasteiger partial charge in [-0.25, -0.2) is 4.98 Å². The number of amides is 1. The minimum Gasteiger partial charge on any atom is -0.352 e. The summed E-state index contributed by atoms with van der Waals surface area (Å²) in [4.78, 5) is 16.7. The van der Waals surface area contributed by atoms with Crippen LogP contribution in [0.15, 0.2) is 23.6 Å². The van der Waals surface area contributed by atoms with Crippen LogP contribution < -0.4 is 10.6 Å². The fourth-order valence-corrected chi connectivity index (χ4v) is 4.35. The summed E-state index contributed by atoms with van der Waals surface area (Å²) in [7, 11) is 0. The topological polar surface area (TPSA) is 54.0 Å². The second kappa shape index (κ2) is 9.78. The summed E-state index contributed by atoms with van der Waals surface area (Å²) in [6.07, 6.45) is -6.65. The largest absolute Gasteiger partial charge is 0.416 e. The van der Waals surface area contributed by atoms with Crippen LogP contribution in [0.5, 0.6) is 0 Å². The molecule has 0 unspecified atom stereocenters. The van der Waals surface area contributed by atoms with Gasteiger partial charge >= 0.3 is 12.4 Å². The zero-order valence-corrected chi connectivity index (χ0v) is 18.1. The first-order valence-electron chi connectivity index (χ1n) is 10.1. The molecule has 1 fully saturated rings. The van der Waals surface area contributed by atoms with Crippen molar-refractivity contribution >= 4 is 17.2 Å². The fourth-order valence-electron chi connectivity index (χ4n) is 3.73. The van der Waals surface area contributed by atoms with E-state index in [0.29, 0.717) is 24.7 Å². The van der Waals surface area contributed by atoms with E-state index in [1.165, 1.54) is 0 Å². The highest BCUT2D eigenvalue weighted by Gasteiger charge is 2.37. The van der Waals surface area contributed by atoms with Crippen molar-refractivity contribution in [2.45, 2.75) is 57.5 Å². The number of thiazole rings is 1. The molecule has 0 bridgehead atoms. The Morgan fingerprint density at radius 1 is 1.03 bits per heavy atom. The molecule has 11 heteroatoms. The highest BCUT2D eigenvalue weighted by molar-refractivity contribution is 7.09. The number of benzene rings is 1. The number of alkyl halides is 6. The van der Waals surface area contributed by atoms with Crippen molar-refractivity contribution in [3.8, 4) is 0 Å². The Bertz CT molecular complexity index is 900. The van der Waals surface area contributed by atoms with Crippen molar-refractivity contribution in [3.63, 3.8) is 0 Å². The lowest BCUT2D eigenvalue weighted by molar-refractivity contribution is -0.143. The summed E-state index contributed by atoms with van der Waals surface area (Å²) in [5.41, 5.74) is -2.67. The first-order chi connectivity index (χ1) is 14.9. The average Bonchev–Trinajstić information content (AvgIpc) is 3.14. The second-order valence-corrected chi connectivity index (χ2v) is 9.02. The zero-order chi connectivity index (χ0) is 23.5. The Kier molecular flexibility index (Phi) is 7.49. The van der Waals surface area contributed by atoms with Gasteiger partial charge in [-0.1, -0.05) is 0 Å². The van der Waals surface area contributed by atoms with E-state index < -0.39 is 35.0 Å². The van der Waals surface area contributed by atoms with Crippen molar-refractivity contribution in [2.24, 2.45) is 5.92 Å². The number of hydrogen-bond donors (Lipinski definition) is 2. The molecule has 2 aromatic rings. The van der Waals surface area contributed by atoms with Crippen LogP contribution in [0.4, 0.5) is 26.3 Å². The smallest absolute Gasteiger partial charge is 0.352 e. The summed E-state index contributed by atoms with van der Waals surface area (Å²) >= 11 is 1.59. The monoisotopic (exact) mass is 479 g/mol. The Morgan fingerprint density at radius 2 is 1.62 bits per heavy atom. The van der Waals surface area contributed by atoms with E-state index in [-0.39, 0.29) is 18.5 Å². The molecule has 1 aliphatic rings. The van der Waals surface area contributed by atoms with Gasteiger partial charge in [0, 0.05) is 30.1 Å².